The highest BCUT2D eigenvalue weighted by Gasteiger charge is 2.19. The normalized spacial score (nSPS) is 13.1. The number of esters is 3. The summed E-state index contributed by atoms with van der Waals surface area (Å²) in [6, 6.07) is 0. The quantitative estimate of drug-likeness (QED) is 0.0199. The molecule has 0 saturated carbocycles. The maximum Gasteiger partial charge on any atom is 0.306 e. The van der Waals surface area contributed by atoms with E-state index in [0.29, 0.717) is 12.8 Å². The summed E-state index contributed by atoms with van der Waals surface area (Å²) >= 11 is 0. The summed E-state index contributed by atoms with van der Waals surface area (Å²) in [5.74, 6) is -1.03. The van der Waals surface area contributed by atoms with Crippen LogP contribution in [0.1, 0.15) is 213 Å². The first kappa shape index (κ1) is 60.8. The van der Waals surface area contributed by atoms with Crippen LogP contribution in [-0.2, 0) is 28.6 Å². The first-order valence-electron chi connectivity index (χ1n) is 26.1. The van der Waals surface area contributed by atoms with Crippen molar-refractivity contribution < 1.29 is 28.6 Å². The number of unbranched alkanes of at least 4 members (excludes halogenated alkanes) is 17. The van der Waals surface area contributed by atoms with Crippen molar-refractivity contribution in [2.75, 3.05) is 13.2 Å². The summed E-state index contributed by atoms with van der Waals surface area (Å²) in [7, 11) is 0. The lowest BCUT2D eigenvalue weighted by atomic mass is 10.1. The van der Waals surface area contributed by atoms with E-state index in [1.807, 2.05) is 12.2 Å². The highest BCUT2D eigenvalue weighted by atomic mass is 16.6. The average molecular weight is 899 g/mol. The molecule has 65 heavy (non-hydrogen) atoms. The summed E-state index contributed by atoms with van der Waals surface area (Å²) in [6.45, 7) is 6.37. The summed E-state index contributed by atoms with van der Waals surface area (Å²) < 4.78 is 16.7. The van der Waals surface area contributed by atoms with Gasteiger partial charge in [-0.2, -0.15) is 0 Å². The third-order valence-electron chi connectivity index (χ3n) is 10.6. The van der Waals surface area contributed by atoms with Gasteiger partial charge in [0.25, 0.3) is 0 Å². The van der Waals surface area contributed by atoms with Crippen LogP contribution in [0, 0.1) is 0 Å². The SMILES string of the molecule is CC/C=C\C/C=C\C/C=C\C/C=C\C/C=C\C/C=C\CCC(=O)OCC(COC(=O)CCCCCCCCCCCC)OC(=O)CCCCCCC\C=C/C=C\C=C/C=C\CCCCC. The Hall–Kier alpha value is -4.19. The number of carbonyl (C=O) groups excluding carboxylic acids is 3. The largest absolute Gasteiger partial charge is 0.462 e. The smallest absolute Gasteiger partial charge is 0.306 e. The van der Waals surface area contributed by atoms with Crippen molar-refractivity contribution >= 4 is 17.9 Å². The van der Waals surface area contributed by atoms with Gasteiger partial charge in [-0.3, -0.25) is 14.4 Å². The maximum atomic E-state index is 12.8. The van der Waals surface area contributed by atoms with E-state index in [2.05, 4.69) is 130 Å². The second-order valence-corrected chi connectivity index (χ2v) is 16.8. The molecule has 0 bridgehead atoms. The molecule has 0 radical (unpaired) electrons. The molecule has 0 rings (SSSR count). The first-order chi connectivity index (χ1) is 32.0. The van der Waals surface area contributed by atoms with Gasteiger partial charge in [-0.15, -0.1) is 0 Å². The third-order valence-corrected chi connectivity index (χ3v) is 10.6. The molecule has 366 valence electrons. The van der Waals surface area contributed by atoms with Crippen LogP contribution < -0.4 is 0 Å². The van der Waals surface area contributed by atoms with Gasteiger partial charge in [0.15, 0.2) is 6.10 Å². The lowest BCUT2D eigenvalue weighted by Gasteiger charge is -2.18. The zero-order valence-corrected chi connectivity index (χ0v) is 41.7. The Balaban J connectivity index is 4.54. The molecule has 0 aliphatic heterocycles. The van der Waals surface area contributed by atoms with Gasteiger partial charge in [0.05, 0.1) is 0 Å². The number of rotatable bonds is 45. The number of hydrogen-bond acceptors (Lipinski definition) is 6. The van der Waals surface area contributed by atoms with Crippen LogP contribution in [0.4, 0.5) is 0 Å². The predicted octanol–water partition coefficient (Wildman–Crippen LogP) is 17.3. The van der Waals surface area contributed by atoms with Crippen molar-refractivity contribution in [2.45, 2.75) is 219 Å². The molecule has 1 unspecified atom stereocenters. The number of allylic oxidation sites excluding steroid dienone is 20. The molecule has 0 aliphatic carbocycles. The van der Waals surface area contributed by atoms with Crippen LogP contribution in [0.2, 0.25) is 0 Å². The molecule has 0 heterocycles. The van der Waals surface area contributed by atoms with Gasteiger partial charge < -0.3 is 14.2 Å². The third kappa shape index (κ3) is 50.7. The molecule has 0 aliphatic rings. The molecule has 6 nitrogen and oxygen atoms in total. The fourth-order valence-corrected chi connectivity index (χ4v) is 6.65. The molecule has 1 atom stereocenters. The van der Waals surface area contributed by atoms with Crippen LogP contribution in [-0.4, -0.2) is 37.2 Å². The van der Waals surface area contributed by atoms with Crippen LogP contribution >= 0.6 is 0 Å². The molecular formula is C59H94O6. The van der Waals surface area contributed by atoms with Crippen molar-refractivity contribution in [3.8, 4) is 0 Å². The fraction of sp³-hybridized carbons (Fsp3) is 0.610. The number of ether oxygens (including phenoxy) is 3. The van der Waals surface area contributed by atoms with Crippen molar-refractivity contribution in [1.29, 1.82) is 0 Å². The van der Waals surface area contributed by atoms with E-state index in [4.69, 9.17) is 14.2 Å². The van der Waals surface area contributed by atoms with E-state index >= 15 is 0 Å². The van der Waals surface area contributed by atoms with Crippen molar-refractivity contribution in [1.82, 2.24) is 0 Å². The van der Waals surface area contributed by atoms with E-state index in [-0.39, 0.29) is 44.0 Å². The van der Waals surface area contributed by atoms with Gasteiger partial charge in [-0.05, 0) is 83.5 Å². The van der Waals surface area contributed by atoms with Gasteiger partial charge in [0.2, 0.25) is 0 Å². The molecule has 0 saturated heterocycles. The molecule has 0 aromatic rings. The van der Waals surface area contributed by atoms with Crippen LogP contribution in [0.5, 0.6) is 0 Å². The van der Waals surface area contributed by atoms with E-state index in [0.717, 1.165) is 103 Å². The van der Waals surface area contributed by atoms with Crippen molar-refractivity contribution in [3.63, 3.8) is 0 Å². The Morgan fingerprint density at radius 3 is 1.17 bits per heavy atom. The fourth-order valence-electron chi connectivity index (χ4n) is 6.65. The van der Waals surface area contributed by atoms with Gasteiger partial charge in [-0.1, -0.05) is 232 Å². The minimum absolute atomic E-state index is 0.113. The monoisotopic (exact) mass is 899 g/mol. The summed E-state index contributed by atoms with van der Waals surface area (Å²) in [4.78, 5) is 37.9. The summed E-state index contributed by atoms with van der Waals surface area (Å²) in [6.07, 6.45) is 71.9. The van der Waals surface area contributed by atoms with Crippen molar-refractivity contribution in [3.05, 3.63) is 122 Å². The highest BCUT2D eigenvalue weighted by Crippen LogP contribution is 2.13. The predicted molar refractivity (Wildman–Crippen MR) is 279 cm³/mol. The van der Waals surface area contributed by atoms with E-state index in [1.54, 1.807) is 0 Å². The van der Waals surface area contributed by atoms with Gasteiger partial charge >= 0.3 is 17.9 Å². The summed E-state index contributed by atoms with van der Waals surface area (Å²) in [5, 5.41) is 0. The summed E-state index contributed by atoms with van der Waals surface area (Å²) in [5.41, 5.74) is 0. The van der Waals surface area contributed by atoms with Crippen LogP contribution in [0.25, 0.3) is 0 Å². The Morgan fingerprint density at radius 2 is 0.692 bits per heavy atom. The molecule has 0 amide bonds. The van der Waals surface area contributed by atoms with Gasteiger partial charge in [0, 0.05) is 19.3 Å². The van der Waals surface area contributed by atoms with Crippen LogP contribution in [0.15, 0.2) is 122 Å². The zero-order chi connectivity index (χ0) is 47.2. The van der Waals surface area contributed by atoms with Gasteiger partial charge in [0.1, 0.15) is 13.2 Å². The van der Waals surface area contributed by atoms with Crippen LogP contribution in [0.3, 0.4) is 0 Å². The van der Waals surface area contributed by atoms with Crippen molar-refractivity contribution in [2.24, 2.45) is 0 Å². The second-order valence-electron chi connectivity index (χ2n) is 16.8. The molecule has 0 spiro atoms. The number of carbonyl (C=O) groups is 3. The highest BCUT2D eigenvalue weighted by molar-refractivity contribution is 5.71. The molecule has 0 aromatic carbocycles. The molecule has 6 heteroatoms. The Morgan fingerprint density at radius 1 is 0.338 bits per heavy atom. The maximum absolute atomic E-state index is 12.8. The molecule has 0 aromatic heterocycles. The number of hydrogen-bond donors (Lipinski definition) is 0. The first-order valence-corrected chi connectivity index (χ1v) is 26.1. The average Bonchev–Trinajstić information content (AvgIpc) is 3.30. The Kier molecular flexibility index (Phi) is 49.1. The molecule has 0 fully saturated rings. The minimum Gasteiger partial charge on any atom is -0.462 e. The van der Waals surface area contributed by atoms with E-state index in [1.165, 1.54) is 64.2 Å². The zero-order valence-electron chi connectivity index (χ0n) is 41.7. The standard InChI is InChI=1S/C59H94O6/c1-4-7-10-13-16-19-22-24-26-28-30-32-33-35-37-40-43-46-49-52-58(61)64-55-56(54-63-57(60)51-48-45-42-39-21-18-15-12-9-6-3)65-59(62)53-50-47-44-41-38-36-34-31-29-27-25-23-20-17-14-11-8-5-2/h7,10,16-17,19-20,23-27,29-32,34-35,37,43,46,56H,4-6,8-9,11-15,18,21-22,28,33,36,38-42,44-45,47-55H2,1-3H3/b10-7-,19-16-,20-17-,25-23-,26-24-,29-27-,32-30-,34-31-,37-35-,46-43-. The topological polar surface area (TPSA) is 78.9 Å². The lowest BCUT2D eigenvalue weighted by molar-refractivity contribution is -0.166. The van der Waals surface area contributed by atoms with E-state index < -0.39 is 6.10 Å². The Labute approximate surface area is 399 Å². The molecular weight excluding hydrogens is 805 g/mol. The second kappa shape index (κ2) is 52.4. The Bertz CT molecular complexity index is 1400. The lowest BCUT2D eigenvalue weighted by Crippen LogP contribution is -2.30. The molecule has 0 N–H and O–H groups in total. The van der Waals surface area contributed by atoms with E-state index in [9.17, 15) is 14.4 Å². The van der Waals surface area contributed by atoms with Gasteiger partial charge in [-0.25, -0.2) is 0 Å². The minimum atomic E-state index is -0.822.